The van der Waals surface area contributed by atoms with Crippen molar-refractivity contribution in [1.82, 2.24) is 0 Å². The standard InChI is InChI=1S/C104H136O28/c1-13-21-25-29-33-77-61-81-69-83-63-78(34-30-26-22-14-2)65-85(98(83)126-54-58-130-102(114)74(10)46-50-122-94(110)42-38-90(106)118-18-6)71-87-67-80(36-32-28-24-16-4)68-88(100(87)128-56-60-132-104(116)76(12)48-52-124-96(112)44-40-92(108)120-20-8)72-86-66-79(35-31-27-23-15-3)64-84(99(86)127-55-59-131-103(115)75(11)47-51-123-95(111)43-39-91(107)119-19-7)70-82(62-77)97(81)125-53-57-129-101(113)73(9)45-49-121-93(109)41-37-89(105)117-17-5/h37-44,61-68H,9-36,45-60,69-72H2,1-8H3/b41-37-,42-38-,43-39-,44-40-. The zero-order valence-corrected chi connectivity index (χ0v) is 78.6. The van der Waals surface area contributed by atoms with E-state index in [1.54, 1.807) is 27.7 Å². The molecule has 132 heavy (non-hydrogen) atoms. The van der Waals surface area contributed by atoms with Crippen LogP contribution in [0.15, 0.2) is 146 Å². The number of ether oxygens (including phenoxy) is 16. The first-order valence-electron chi connectivity index (χ1n) is 46.3. The van der Waals surface area contributed by atoms with Crippen LogP contribution in [0.1, 0.15) is 251 Å². The Bertz CT molecular complexity index is 3960. The van der Waals surface area contributed by atoms with Crippen LogP contribution < -0.4 is 18.9 Å². The van der Waals surface area contributed by atoms with Gasteiger partial charge in [0.1, 0.15) is 75.9 Å². The summed E-state index contributed by atoms with van der Waals surface area (Å²) in [5, 5.41) is 0. The number of hydrogen-bond acceptors (Lipinski definition) is 28. The number of fused-ring (bicyclic) bond motifs is 8. The van der Waals surface area contributed by atoms with Gasteiger partial charge in [0.05, 0.1) is 52.9 Å². The molecule has 4 aromatic rings. The van der Waals surface area contributed by atoms with Crippen molar-refractivity contribution in [2.24, 2.45) is 0 Å². The highest BCUT2D eigenvalue weighted by atomic mass is 16.6. The lowest BCUT2D eigenvalue weighted by molar-refractivity contribution is -0.142. The molecule has 720 valence electrons. The van der Waals surface area contributed by atoms with E-state index in [0.29, 0.717) is 48.7 Å². The Morgan fingerprint density at radius 3 is 0.568 bits per heavy atom. The fourth-order valence-corrected chi connectivity index (χ4v) is 14.0. The molecule has 28 nitrogen and oxygen atoms in total. The van der Waals surface area contributed by atoms with E-state index in [0.717, 1.165) is 218 Å². The molecule has 0 unspecified atom stereocenters. The van der Waals surface area contributed by atoms with Gasteiger partial charge >= 0.3 is 71.6 Å². The Labute approximate surface area is 777 Å². The van der Waals surface area contributed by atoms with E-state index >= 15 is 0 Å². The highest BCUT2D eigenvalue weighted by Crippen LogP contribution is 2.42. The summed E-state index contributed by atoms with van der Waals surface area (Å²) in [6.07, 6.45) is 25.7. The SMILES string of the molecule is C=C(CCOC(=O)/C=C\C(=O)OCC)C(=O)OCCOc1c2cc(CCCCCC)cc1Cc1cc(CCCCCC)cc(c1OCCOC(=O)C(=C)CCOC(=O)/C=C\C(=O)OCC)Cc1cc(CCCCCC)cc(c1OCCOC(=O)C(=C)CCOC(=O)/C=C\C(=O)OCC)Cc1cc(CCCCCC)cc(c1OCCOC(=O)C(=C)CCOC(=O)/C=C\C(=O)OCC)C2. The molecule has 5 rings (SSSR count). The summed E-state index contributed by atoms with van der Waals surface area (Å²) < 4.78 is 92.4. The average molecular weight is 1830 g/mol. The Hall–Kier alpha value is -12.4. The van der Waals surface area contributed by atoms with Crippen LogP contribution in [0.5, 0.6) is 23.0 Å². The Morgan fingerprint density at radius 1 is 0.227 bits per heavy atom. The van der Waals surface area contributed by atoms with Crippen LogP contribution in [0.2, 0.25) is 0 Å². The molecule has 0 fully saturated rings. The number of esters is 12. The van der Waals surface area contributed by atoms with Gasteiger partial charge in [-0.1, -0.05) is 180 Å². The minimum absolute atomic E-state index is 0.00697. The molecule has 0 heterocycles. The molecule has 0 spiro atoms. The highest BCUT2D eigenvalue weighted by molar-refractivity contribution is 5.95. The van der Waals surface area contributed by atoms with Crippen molar-refractivity contribution in [3.8, 4) is 23.0 Å². The first-order chi connectivity index (χ1) is 63.8. The normalized spacial score (nSPS) is 11.6. The van der Waals surface area contributed by atoms with Crippen LogP contribution in [0, 0.1) is 0 Å². The number of rotatable bonds is 64. The van der Waals surface area contributed by atoms with Gasteiger partial charge < -0.3 is 75.8 Å². The van der Waals surface area contributed by atoms with Gasteiger partial charge in [0, 0.05) is 122 Å². The lowest BCUT2D eigenvalue weighted by Crippen LogP contribution is -2.18. The van der Waals surface area contributed by atoms with Gasteiger partial charge in [-0.05, 0) is 146 Å². The molecule has 0 aliphatic heterocycles. The second-order valence-corrected chi connectivity index (χ2v) is 31.3. The van der Waals surface area contributed by atoms with Crippen LogP contribution in [-0.2, 0) is 166 Å². The minimum atomic E-state index is -0.829. The molecule has 1 aliphatic rings. The summed E-state index contributed by atoms with van der Waals surface area (Å²) in [5.74, 6) is -7.37. The largest absolute Gasteiger partial charge is 0.489 e. The molecule has 0 saturated carbocycles. The predicted octanol–water partition coefficient (Wildman–Crippen LogP) is 17.0. The minimum Gasteiger partial charge on any atom is -0.489 e. The van der Waals surface area contributed by atoms with Gasteiger partial charge in [-0.25, -0.2) is 57.5 Å². The summed E-state index contributed by atoms with van der Waals surface area (Å²) in [6.45, 7) is 28.6. The molecule has 0 radical (unpaired) electrons. The van der Waals surface area contributed by atoms with Gasteiger partial charge in [0.2, 0.25) is 0 Å². The predicted molar refractivity (Wildman–Crippen MR) is 496 cm³/mol. The Kier molecular flexibility index (Phi) is 53.8. The second kappa shape index (κ2) is 64.4. The van der Waals surface area contributed by atoms with E-state index in [-0.39, 0.29) is 179 Å². The molecule has 4 aromatic carbocycles. The van der Waals surface area contributed by atoms with E-state index < -0.39 is 71.6 Å². The third-order valence-corrected chi connectivity index (χ3v) is 20.6. The second-order valence-electron chi connectivity index (χ2n) is 31.3. The molecule has 28 heteroatoms. The van der Waals surface area contributed by atoms with Gasteiger partial charge in [0.15, 0.2) is 0 Å². The molecule has 0 N–H and O–H groups in total. The maximum atomic E-state index is 13.8. The summed E-state index contributed by atoms with van der Waals surface area (Å²) >= 11 is 0. The first-order valence-corrected chi connectivity index (χ1v) is 46.3. The molecule has 8 bridgehead atoms. The maximum absolute atomic E-state index is 13.8. The monoisotopic (exact) mass is 1830 g/mol. The van der Waals surface area contributed by atoms with E-state index in [1.807, 2.05) is 0 Å². The van der Waals surface area contributed by atoms with Crippen LogP contribution in [0.3, 0.4) is 0 Å². The van der Waals surface area contributed by atoms with Crippen LogP contribution in [0.25, 0.3) is 0 Å². The van der Waals surface area contributed by atoms with Crippen molar-refractivity contribution in [1.29, 1.82) is 0 Å². The summed E-state index contributed by atoms with van der Waals surface area (Å²) in [5.41, 5.74) is 10.0. The Morgan fingerprint density at radius 2 is 0.402 bits per heavy atom. The van der Waals surface area contributed by atoms with Gasteiger partial charge in [0.25, 0.3) is 0 Å². The number of carbonyl (C=O) groups is 12. The molecule has 0 aromatic heterocycles. The number of hydrogen-bond donors (Lipinski definition) is 0. The summed E-state index contributed by atoms with van der Waals surface area (Å²) in [7, 11) is 0. The van der Waals surface area contributed by atoms with Crippen LogP contribution in [-0.4, -0.2) is 177 Å². The molecule has 0 saturated heterocycles. The van der Waals surface area contributed by atoms with E-state index in [1.165, 1.54) is 0 Å². The van der Waals surface area contributed by atoms with Crippen molar-refractivity contribution in [2.75, 3.05) is 106 Å². The average Bonchev–Trinajstić information content (AvgIpc) is 0.771. The highest BCUT2D eigenvalue weighted by Gasteiger charge is 2.27. The summed E-state index contributed by atoms with van der Waals surface area (Å²) in [6, 6.07) is 17.2. The zero-order chi connectivity index (χ0) is 96.2. The third-order valence-electron chi connectivity index (χ3n) is 20.6. The Balaban J connectivity index is 1.83. The molecule has 0 amide bonds. The smallest absolute Gasteiger partial charge is 0.333 e. The van der Waals surface area contributed by atoms with Crippen molar-refractivity contribution < 1.29 is 133 Å². The van der Waals surface area contributed by atoms with Crippen LogP contribution in [0.4, 0.5) is 0 Å². The molecular formula is C104H136O28. The topological polar surface area (TPSA) is 353 Å². The molecule has 1 aliphatic carbocycles. The number of aryl methyl sites for hydroxylation is 4. The first kappa shape index (κ1) is 110. The van der Waals surface area contributed by atoms with Crippen molar-refractivity contribution in [3.63, 3.8) is 0 Å². The molecule has 0 atom stereocenters. The summed E-state index contributed by atoms with van der Waals surface area (Å²) in [4.78, 5) is 153. The lowest BCUT2D eigenvalue weighted by Gasteiger charge is -2.25. The maximum Gasteiger partial charge on any atom is 0.333 e. The number of unbranched alkanes of at least 4 members (excludes halogenated alkanes) is 12. The number of carbonyl (C=O) groups excluding carboxylic acids is 12. The fourth-order valence-electron chi connectivity index (χ4n) is 14.0. The van der Waals surface area contributed by atoms with Crippen molar-refractivity contribution >= 4 is 71.6 Å². The van der Waals surface area contributed by atoms with Crippen LogP contribution >= 0.6 is 0 Å². The third kappa shape index (κ3) is 43.6. The zero-order valence-electron chi connectivity index (χ0n) is 78.6. The quantitative estimate of drug-likeness (QED) is 0.0151. The van der Waals surface area contributed by atoms with Gasteiger partial charge in [-0.3, -0.25) is 0 Å². The van der Waals surface area contributed by atoms with E-state index in [9.17, 15) is 57.5 Å². The van der Waals surface area contributed by atoms with Gasteiger partial charge in [-0.15, -0.1) is 0 Å². The fraction of sp³-hybridized carbons (Fsp3) is 0.500. The van der Waals surface area contributed by atoms with Crippen molar-refractivity contribution in [3.05, 3.63) is 213 Å². The van der Waals surface area contributed by atoms with Crippen molar-refractivity contribution in [2.45, 2.75) is 235 Å². The number of benzene rings is 4. The van der Waals surface area contributed by atoms with E-state index in [2.05, 4.69) is 103 Å². The molecular weight excluding hydrogens is 1700 g/mol. The van der Waals surface area contributed by atoms with Gasteiger partial charge in [-0.2, -0.15) is 0 Å². The lowest BCUT2D eigenvalue weighted by atomic mass is 9.87. The van der Waals surface area contributed by atoms with E-state index in [4.69, 9.17) is 75.8 Å².